The molecule has 5 heteroatoms. The van der Waals surface area contributed by atoms with Crippen molar-refractivity contribution in [1.29, 1.82) is 0 Å². The van der Waals surface area contributed by atoms with E-state index >= 15 is 0 Å². The van der Waals surface area contributed by atoms with Crippen LogP contribution in [0.1, 0.15) is 27.9 Å². The lowest BCUT2D eigenvalue weighted by Gasteiger charge is -2.13. The molecule has 0 aliphatic heterocycles. The summed E-state index contributed by atoms with van der Waals surface area (Å²) in [6.07, 6.45) is 1.24. The summed E-state index contributed by atoms with van der Waals surface area (Å²) >= 11 is 3.29. The van der Waals surface area contributed by atoms with Gasteiger partial charge in [-0.3, -0.25) is 4.79 Å². The predicted molar refractivity (Wildman–Crippen MR) is 106 cm³/mol. The molecule has 0 saturated carbocycles. The summed E-state index contributed by atoms with van der Waals surface area (Å²) in [5.74, 6) is 0.0553. The van der Waals surface area contributed by atoms with Crippen LogP contribution in [0.25, 0.3) is 11.3 Å². The van der Waals surface area contributed by atoms with Gasteiger partial charge in [0.25, 0.3) is 0 Å². The fourth-order valence-electron chi connectivity index (χ4n) is 2.81. The minimum Gasteiger partial charge on any atom is -0.353 e. The fraction of sp³-hybridized carbons (Fsp3) is 0.300. The molecule has 1 unspecified atom stereocenters. The molecule has 1 aromatic carbocycles. The van der Waals surface area contributed by atoms with Crippen LogP contribution in [0.4, 0.5) is 0 Å². The number of amides is 1. The highest BCUT2D eigenvalue weighted by Gasteiger charge is 2.16. The van der Waals surface area contributed by atoms with E-state index in [9.17, 15) is 4.79 Å². The fourth-order valence-corrected chi connectivity index (χ4v) is 4.45. The molecule has 0 fully saturated rings. The van der Waals surface area contributed by atoms with Crippen molar-refractivity contribution in [2.45, 2.75) is 39.7 Å². The normalized spacial score (nSPS) is 12.1. The number of hydrogen-bond acceptors (Lipinski definition) is 4. The molecule has 0 aliphatic carbocycles. The van der Waals surface area contributed by atoms with E-state index in [0.717, 1.165) is 27.6 Å². The molecule has 130 valence electrons. The second kappa shape index (κ2) is 7.93. The van der Waals surface area contributed by atoms with Crippen LogP contribution in [-0.4, -0.2) is 16.9 Å². The average molecular weight is 371 g/mol. The first kappa shape index (κ1) is 17.8. The summed E-state index contributed by atoms with van der Waals surface area (Å²) in [5, 5.41) is 8.30. The van der Waals surface area contributed by atoms with Crippen LogP contribution in [0.2, 0.25) is 0 Å². The quantitative estimate of drug-likeness (QED) is 0.678. The van der Waals surface area contributed by atoms with Gasteiger partial charge in [0.05, 0.1) is 17.1 Å². The molecule has 0 aliphatic rings. The molecule has 3 aromatic rings. The lowest BCUT2D eigenvalue weighted by molar-refractivity contribution is -0.120. The largest absolute Gasteiger partial charge is 0.353 e. The van der Waals surface area contributed by atoms with Crippen LogP contribution in [0.15, 0.2) is 41.1 Å². The molecule has 1 amide bonds. The number of nitrogens with zero attached hydrogens (tertiary/aromatic N) is 1. The van der Waals surface area contributed by atoms with E-state index in [0.29, 0.717) is 6.42 Å². The Hall–Kier alpha value is -1.98. The molecule has 0 bridgehead atoms. The molecule has 2 heterocycles. The number of aryl methyl sites for hydroxylation is 2. The van der Waals surface area contributed by atoms with Gasteiger partial charge in [0.2, 0.25) is 5.91 Å². The van der Waals surface area contributed by atoms with Gasteiger partial charge in [-0.25, -0.2) is 4.98 Å². The highest BCUT2D eigenvalue weighted by atomic mass is 32.1. The van der Waals surface area contributed by atoms with Crippen molar-refractivity contribution in [3.05, 3.63) is 62.1 Å². The van der Waals surface area contributed by atoms with E-state index in [1.54, 1.807) is 22.7 Å². The SMILES string of the molecule is Cc1ccc(-c2nc(C)sc2CC(=O)NC(C)Cc2ccsc2)cc1. The van der Waals surface area contributed by atoms with Gasteiger partial charge in [0, 0.05) is 16.5 Å². The van der Waals surface area contributed by atoms with E-state index in [1.165, 1.54) is 11.1 Å². The Balaban J connectivity index is 1.68. The lowest BCUT2D eigenvalue weighted by atomic mass is 10.1. The second-order valence-corrected chi connectivity index (χ2v) is 8.42. The molecule has 0 saturated heterocycles. The minimum absolute atomic E-state index is 0.0553. The molecule has 1 atom stereocenters. The molecule has 3 rings (SSSR count). The molecule has 2 aromatic heterocycles. The smallest absolute Gasteiger partial charge is 0.225 e. The van der Waals surface area contributed by atoms with Gasteiger partial charge < -0.3 is 5.32 Å². The molecule has 1 N–H and O–H groups in total. The first-order chi connectivity index (χ1) is 12.0. The third-order valence-corrected chi connectivity index (χ3v) is 5.68. The summed E-state index contributed by atoms with van der Waals surface area (Å²) in [5.41, 5.74) is 4.50. The first-order valence-electron chi connectivity index (χ1n) is 8.35. The first-order valence-corrected chi connectivity index (χ1v) is 10.1. The zero-order valence-electron chi connectivity index (χ0n) is 14.7. The number of rotatable bonds is 6. The van der Waals surface area contributed by atoms with Crippen molar-refractivity contribution < 1.29 is 4.79 Å². The van der Waals surface area contributed by atoms with Crippen molar-refractivity contribution in [2.24, 2.45) is 0 Å². The van der Waals surface area contributed by atoms with Gasteiger partial charge in [0.15, 0.2) is 0 Å². The van der Waals surface area contributed by atoms with Crippen LogP contribution in [0.5, 0.6) is 0 Å². The second-order valence-electron chi connectivity index (χ2n) is 6.35. The third kappa shape index (κ3) is 4.77. The number of benzene rings is 1. The molecule has 0 spiro atoms. The Bertz CT molecular complexity index is 835. The third-order valence-electron chi connectivity index (χ3n) is 3.98. The van der Waals surface area contributed by atoms with Crippen LogP contribution >= 0.6 is 22.7 Å². The standard InChI is InChI=1S/C20H22N2OS2/c1-13-4-6-17(7-5-13)20-18(25-15(3)22-20)11-19(23)21-14(2)10-16-8-9-24-12-16/h4-9,12,14H,10-11H2,1-3H3,(H,21,23). The van der Waals surface area contributed by atoms with E-state index in [1.807, 2.05) is 13.8 Å². The number of aromatic nitrogens is 1. The monoisotopic (exact) mass is 370 g/mol. The summed E-state index contributed by atoms with van der Waals surface area (Å²) in [7, 11) is 0. The Kier molecular flexibility index (Phi) is 5.66. The Labute approximate surface area is 156 Å². The van der Waals surface area contributed by atoms with Crippen molar-refractivity contribution in [1.82, 2.24) is 10.3 Å². The van der Waals surface area contributed by atoms with Gasteiger partial charge in [0.1, 0.15) is 0 Å². The van der Waals surface area contributed by atoms with Crippen molar-refractivity contribution in [2.75, 3.05) is 0 Å². The van der Waals surface area contributed by atoms with Gasteiger partial charge >= 0.3 is 0 Å². The maximum absolute atomic E-state index is 12.5. The van der Waals surface area contributed by atoms with E-state index in [2.05, 4.69) is 58.3 Å². The highest BCUT2D eigenvalue weighted by Crippen LogP contribution is 2.28. The van der Waals surface area contributed by atoms with E-state index in [-0.39, 0.29) is 11.9 Å². The van der Waals surface area contributed by atoms with Crippen LogP contribution in [-0.2, 0) is 17.6 Å². The van der Waals surface area contributed by atoms with Crippen molar-refractivity contribution >= 4 is 28.6 Å². The maximum atomic E-state index is 12.5. The number of hydrogen-bond donors (Lipinski definition) is 1. The summed E-state index contributed by atoms with van der Waals surface area (Å²) in [6, 6.07) is 10.5. The van der Waals surface area contributed by atoms with Crippen molar-refractivity contribution in [3.8, 4) is 11.3 Å². The highest BCUT2D eigenvalue weighted by molar-refractivity contribution is 7.12. The van der Waals surface area contributed by atoms with Gasteiger partial charge in [-0.2, -0.15) is 11.3 Å². The molecule has 3 nitrogen and oxygen atoms in total. The van der Waals surface area contributed by atoms with Crippen LogP contribution < -0.4 is 5.32 Å². The molecule has 25 heavy (non-hydrogen) atoms. The zero-order valence-corrected chi connectivity index (χ0v) is 16.3. The van der Waals surface area contributed by atoms with E-state index in [4.69, 9.17) is 0 Å². The van der Waals surface area contributed by atoms with E-state index < -0.39 is 0 Å². The number of thiazole rings is 1. The predicted octanol–water partition coefficient (Wildman–Crippen LogP) is 4.78. The van der Waals surface area contributed by atoms with Crippen LogP contribution in [0, 0.1) is 13.8 Å². The Morgan fingerprint density at radius 2 is 1.96 bits per heavy atom. The van der Waals surface area contributed by atoms with Gasteiger partial charge in [-0.05, 0) is 49.6 Å². The summed E-state index contributed by atoms with van der Waals surface area (Å²) in [4.78, 5) is 18.1. The van der Waals surface area contributed by atoms with Gasteiger partial charge in [-0.1, -0.05) is 29.8 Å². The average Bonchev–Trinajstić information content (AvgIpc) is 3.17. The van der Waals surface area contributed by atoms with Crippen molar-refractivity contribution in [3.63, 3.8) is 0 Å². The van der Waals surface area contributed by atoms with Crippen LogP contribution in [0.3, 0.4) is 0 Å². The topological polar surface area (TPSA) is 42.0 Å². The number of thiophene rings is 1. The minimum atomic E-state index is 0.0553. The molecular weight excluding hydrogens is 348 g/mol. The number of carbonyl (C=O) groups is 1. The zero-order chi connectivity index (χ0) is 17.8. The number of nitrogens with one attached hydrogen (secondary N) is 1. The molecular formula is C20H22N2OS2. The Morgan fingerprint density at radius 3 is 2.64 bits per heavy atom. The number of carbonyl (C=O) groups excluding carboxylic acids is 1. The van der Waals surface area contributed by atoms with Gasteiger partial charge in [-0.15, -0.1) is 11.3 Å². The lowest BCUT2D eigenvalue weighted by Crippen LogP contribution is -2.35. The summed E-state index contributed by atoms with van der Waals surface area (Å²) in [6.45, 7) is 6.11. The molecule has 0 radical (unpaired) electrons. The Morgan fingerprint density at radius 1 is 1.20 bits per heavy atom. The maximum Gasteiger partial charge on any atom is 0.225 e. The summed E-state index contributed by atoms with van der Waals surface area (Å²) < 4.78 is 0.